The van der Waals surface area contributed by atoms with Crippen LogP contribution in [-0.2, 0) is 16.0 Å². The average molecular weight is 258 g/mol. The minimum absolute atomic E-state index is 0.0675. The molecule has 0 aliphatic carbocycles. The Kier molecular flexibility index (Phi) is 5.23. The summed E-state index contributed by atoms with van der Waals surface area (Å²) in [7, 11) is 1.14. The zero-order valence-corrected chi connectivity index (χ0v) is 9.69. The van der Waals surface area contributed by atoms with Crippen molar-refractivity contribution in [2.75, 3.05) is 7.11 Å². The van der Waals surface area contributed by atoms with E-state index in [1.54, 1.807) is 6.07 Å². The number of aryl methyl sites for hydroxylation is 1. The molecule has 0 saturated heterocycles. The maximum absolute atomic E-state index is 12.2. The molecule has 0 unspecified atom stereocenters. The van der Waals surface area contributed by atoms with Gasteiger partial charge in [-0.3, -0.25) is 0 Å². The van der Waals surface area contributed by atoms with Crippen molar-refractivity contribution in [3.8, 4) is 5.75 Å². The van der Waals surface area contributed by atoms with Gasteiger partial charge in [0.05, 0.1) is 7.11 Å². The van der Waals surface area contributed by atoms with Gasteiger partial charge in [-0.15, -0.1) is 0 Å². The summed E-state index contributed by atoms with van der Waals surface area (Å²) in [6.45, 7) is -3.03. The van der Waals surface area contributed by atoms with Gasteiger partial charge < -0.3 is 14.3 Å². The van der Waals surface area contributed by atoms with Crippen molar-refractivity contribution in [1.29, 1.82) is 0 Å². The van der Waals surface area contributed by atoms with Crippen molar-refractivity contribution >= 4 is 12.3 Å². The molecule has 0 radical (unpaired) electrons. The first-order valence-electron chi connectivity index (χ1n) is 5.18. The zero-order chi connectivity index (χ0) is 13.5. The smallest absolute Gasteiger partial charge is 0.387 e. The number of carbonyl (C=O) groups excluding carboxylic acids is 2. The van der Waals surface area contributed by atoms with E-state index in [0.29, 0.717) is 11.8 Å². The molecule has 0 heterocycles. The van der Waals surface area contributed by atoms with Crippen LogP contribution in [0.25, 0.3) is 0 Å². The first-order valence-corrected chi connectivity index (χ1v) is 5.18. The molecule has 1 aromatic carbocycles. The number of hydrogen-bond donors (Lipinski definition) is 0. The van der Waals surface area contributed by atoms with Crippen molar-refractivity contribution in [2.24, 2.45) is 0 Å². The van der Waals surface area contributed by atoms with Crippen molar-refractivity contribution in [2.45, 2.75) is 19.5 Å². The Labute approximate surface area is 103 Å². The number of benzene rings is 1. The molecule has 0 atom stereocenters. The monoisotopic (exact) mass is 258 g/mol. The van der Waals surface area contributed by atoms with Gasteiger partial charge in [-0.1, -0.05) is 12.1 Å². The van der Waals surface area contributed by atoms with Gasteiger partial charge in [0, 0.05) is 6.42 Å². The Morgan fingerprint density at radius 2 is 2.17 bits per heavy atom. The third kappa shape index (κ3) is 3.51. The number of alkyl halides is 2. The molecule has 0 bridgehead atoms. The van der Waals surface area contributed by atoms with E-state index in [1.165, 1.54) is 12.1 Å². The molecule has 1 rings (SSSR count). The number of esters is 1. The lowest BCUT2D eigenvalue weighted by Gasteiger charge is -2.12. The quantitative estimate of drug-likeness (QED) is 0.580. The van der Waals surface area contributed by atoms with Gasteiger partial charge in [-0.2, -0.15) is 8.78 Å². The van der Waals surface area contributed by atoms with Crippen molar-refractivity contribution in [1.82, 2.24) is 0 Å². The minimum atomic E-state index is -3.03. The van der Waals surface area contributed by atoms with E-state index in [1.807, 2.05) is 0 Å². The highest BCUT2D eigenvalue weighted by molar-refractivity contribution is 5.94. The van der Waals surface area contributed by atoms with Gasteiger partial charge in [-0.25, -0.2) is 4.79 Å². The third-order valence-electron chi connectivity index (χ3n) is 2.25. The second-order valence-electron chi connectivity index (χ2n) is 3.37. The highest BCUT2D eigenvalue weighted by Crippen LogP contribution is 2.25. The lowest BCUT2D eigenvalue weighted by atomic mass is 10.0. The molecule has 0 saturated carbocycles. The van der Waals surface area contributed by atoms with E-state index < -0.39 is 12.6 Å². The topological polar surface area (TPSA) is 52.6 Å². The maximum Gasteiger partial charge on any atom is 0.387 e. The first kappa shape index (κ1) is 14.1. The third-order valence-corrected chi connectivity index (χ3v) is 2.25. The van der Waals surface area contributed by atoms with Crippen LogP contribution >= 0.6 is 0 Å². The summed E-state index contributed by atoms with van der Waals surface area (Å²) in [6, 6.07) is 4.29. The van der Waals surface area contributed by atoms with Crippen LogP contribution in [0.3, 0.4) is 0 Å². The van der Waals surface area contributed by atoms with Crippen molar-refractivity contribution in [3.63, 3.8) is 0 Å². The number of aldehydes is 1. The second kappa shape index (κ2) is 6.68. The van der Waals surface area contributed by atoms with Crippen LogP contribution in [0.15, 0.2) is 18.2 Å². The van der Waals surface area contributed by atoms with E-state index in [2.05, 4.69) is 9.47 Å². The van der Waals surface area contributed by atoms with Gasteiger partial charge >= 0.3 is 12.6 Å². The Morgan fingerprint density at radius 1 is 1.44 bits per heavy atom. The van der Waals surface area contributed by atoms with E-state index in [9.17, 15) is 18.4 Å². The molecule has 6 heteroatoms. The van der Waals surface area contributed by atoms with Crippen LogP contribution in [0.1, 0.15) is 22.3 Å². The number of carbonyl (C=O) groups is 2. The Bertz CT molecular complexity index is 432. The molecule has 0 aliphatic rings. The molecule has 0 aliphatic heterocycles. The van der Waals surface area contributed by atoms with Gasteiger partial charge in [0.25, 0.3) is 0 Å². The van der Waals surface area contributed by atoms with Crippen LogP contribution < -0.4 is 4.74 Å². The Hall–Kier alpha value is -1.98. The van der Waals surface area contributed by atoms with E-state index in [4.69, 9.17) is 0 Å². The summed E-state index contributed by atoms with van der Waals surface area (Å²) >= 11 is 0. The number of rotatable bonds is 6. The van der Waals surface area contributed by atoms with Gasteiger partial charge in [0.15, 0.2) is 0 Å². The van der Waals surface area contributed by atoms with Gasteiger partial charge in [0.1, 0.15) is 17.6 Å². The lowest BCUT2D eigenvalue weighted by Crippen LogP contribution is -2.12. The molecule has 0 aromatic heterocycles. The minimum Gasteiger partial charge on any atom is -0.465 e. The van der Waals surface area contributed by atoms with Crippen LogP contribution in [-0.4, -0.2) is 26.0 Å². The number of halogens is 2. The molecule has 98 valence electrons. The van der Waals surface area contributed by atoms with E-state index in [0.717, 1.165) is 7.11 Å². The largest absolute Gasteiger partial charge is 0.465 e. The molecular formula is C12H12F2O4. The molecule has 0 fully saturated rings. The SMILES string of the molecule is COC(=O)c1c(CCC=O)cccc1OC(F)F. The number of methoxy groups -OCH3 is 1. The number of hydrogen-bond acceptors (Lipinski definition) is 4. The van der Waals surface area contributed by atoms with Crippen molar-refractivity contribution < 1.29 is 27.8 Å². The predicted molar refractivity (Wildman–Crippen MR) is 58.8 cm³/mol. The van der Waals surface area contributed by atoms with Crippen LogP contribution in [0, 0.1) is 0 Å². The van der Waals surface area contributed by atoms with Crippen LogP contribution in [0.5, 0.6) is 5.75 Å². The first-order chi connectivity index (χ1) is 8.60. The highest BCUT2D eigenvalue weighted by atomic mass is 19.3. The molecule has 0 amide bonds. The summed E-state index contributed by atoms with van der Waals surface area (Å²) in [4.78, 5) is 21.9. The lowest BCUT2D eigenvalue weighted by molar-refractivity contribution is -0.107. The molecule has 1 aromatic rings. The van der Waals surface area contributed by atoms with Crippen LogP contribution in [0.4, 0.5) is 8.78 Å². The standard InChI is InChI=1S/C12H12F2O4/c1-17-11(16)10-8(5-3-7-15)4-2-6-9(10)18-12(13)14/h2,4,6-7,12H,3,5H2,1H3. The predicted octanol–water partition coefficient (Wildman–Crippen LogP) is 2.21. The van der Waals surface area contributed by atoms with Gasteiger partial charge in [-0.05, 0) is 18.1 Å². The van der Waals surface area contributed by atoms with Crippen LogP contribution in [0.2, 0.25) is 0 Å². The molecule has 0 spiro atoms. The highest BCUT2D eigenvalue weighted by Gasteiger charge is 2.20. The fraction of sp³-hybridized carbons (Fsp3) is 0.333. The molecule has 0 N–H and O–H groups in total. The molecular weight excluding hydrogens is 246 g/mol. The normalized spacial score (nSPS) is 10.2. The summed E-state index contributed by atoms with van der Waals surface area (Å²) in [5, 5.41) is 0. The molecule has 4 nitrogen and oxygen atoms in total. The Balaban J connectivity index is 3.16. The van der Waals surface area contributed by atoms with Crippen molar-refractivity contribution in [3.05, 3.63) is 29.3 Å². The summed E-state index contributed by atoms with van der Waals surface area (Å²) in [5.41, 5.74) is 0.370. The fourth-order valence-electron chi connectivity index (χ4n) is 1.53. The van der Waals surface area contributed by atoms with E-state index in [-0.39, 0.29) is 24.2 Å². The summed E-state index contributed by atoms with van der Waals surface area (Å²) in [5.74, 6) is -1.02. The maximum atomic E-state index is 12.2. The summed E-state index contributed by atoms with van der Waals surface area (Å²) in [6.07, 6.45) is 1.12. The second-order valence-corrected chi connectivity index (χ2v) is 3.37. The Morgan fingerprint density at radius 3 is 2.72 bits per heavy atom. The zero-order valence-electron chi connectivity index (χ0n) is 9.69. The van der Waals surface area contributed by atoms with E-state index >= 15 is 0 Å². The summed E-state index contributed by atoms with van der Waals surface area (Å²) < 4.78 is 33.2. The van der Waals surface area contributed by atoms with Gasteiger partial charge in [0.2, 0.25) is 0 Å². The molecule has 18 heavy (non-hydrogen) atoms. The fourth-order valence-corrected chi connectivity index (χ4v) is 1.53. The number of ether oxygens (including phenoxy) is 2. The average Bonchev–Trinajstić information content (AvgIpc) is 2.34.